The number of nitrogens with zero attached hydrogens (tertiary/aromatic N) is 2. The topological polar surface area (TPSA) is 107 Å². The first kappa shape index (κ1) is 21.4. The van der Waals surface area contributed by atoms with Crippen molar-refractivity contribution in [3.8, 4) is 0 Å². The normalized spacial score (nSPS) is 10.7. The molecule has 1 amide bonds. The standard InChI is InChI=1S/C21H21N3O5S/c1-3-4-8-29-21(28)16-11-30-19-18(16)20(27)24(12-22-19)10-17(26)23-15-7-5-6-14(9-15)13(2)25/h5-7,9,11-12H,3-4,8,10H2,1-2H3,(H,23,26). The molecule has 2 aromatic heterocycles. The van der Waals surface area contributed by atoms with Crippen molar-refractivity contribution in [2.45, 2.75) is 33.2 Å². The summed E-state index contributed by atoms with van der Waals surface area (Å²) in [5, 5.41) is 4.35. The number of ether oxygens (including phenoxy) is 1. The summed E-state index contributed by atoms with van der Waals surface area (Å²) in [5.41, 5.74) is 0.590. The quantitative estimate of drug-likeness (QED) is 0.336. The van der Waals surface area contributed by atoms with Crippen molar-refractivity contribution in [1.29, 1.82) is 0 Å². The highest BCUT2D eigenvalue weighted by Gasteiger charge is 2.19. The van der Waals surface area contributed by atoms with Crippen molar-refractivity contribution in [3.63, 3.8) is 0 Å². The van der Waals surface area contributed by atoms with Crippen molar-refractivity contribution in [2.24, 2.45) is 0 Å². The Bertz CT molecular complexity index is 1160. The zero-order valence-corrected chi connectivity index (χ0v) is 17.5. The number of anilines is 1. The second kappa shape index (κ2) is 9.45. The second-order valence-corrected chi connectivity index (χ2v) is 7.54. The van der Waals surface area contributed by atoms with E-state index in [1.807, 2.05) is 6.92 Å². The average molecular weight is 427 g/mol. The fraction of sp³-hybridized carbons (Fsp3) is 0.286. The van der Waals surface area contributed by atoms with Crippen LogP contribution in [0.5, 0.6) is 0 Å². The van der Waals surface area contributed by atoms with Crippen LogP contribution in [0.15, 0.2) is 40.8 Å². The molecular weight excluding hydrogens is 406 g/mol. The van der Waals surface area contributed by atoms with Crippen LogP contribution in [0.3, 0.4) is 0 Å². The van der Waals surface area contributed by atoms with Crippen LogP contribution in [0.25, 0.3) is 10.2 Å². The number of thiophene rings is 1. The number of ketones is 1. The summed E-state index contributed by atoms with van der Waals surface area (Å²) in [7, 11) is 0. The van der Waals surface area contributed by atoms with E-state index in [1.54, 1.807) is 29.6 Å². The van der Waals surface area contributed by atoms with E-state index < -0.39 is 17.4 Å². The Morgan fingerprint density at radius 2 is 2.07 bits per heavy atom. The zero-order valence-electron chi connectivity index (χ0n) is 16.6. The summed E-state index contributed by atoms with van der Waals surface area (Å²) in [4.78, 5) is 53.7. The summed E-state index contributed by atoms with van der Waals surface area (Å²) in [5.74, 6) is -1.15. The molecule has 3 rings (SSSR count). The second-order valence-electron chi connectivity index (χ2n) is 6.68. The van der Waals surface area contributed by atoms with Gasteiger partial charge in [-0.2, -0.15) is 0 Å². The van der Waals surface area contributed by atoms with E-state index >= 15 is 0 Å². The van der Waals surface area contributed by atoms with Crippen LogP contribution in [-0.2, 0) is 16.1 Å². The van der Waals surface area contributed by atoms with Crippen LogP contribution in [0, 0.1) is 0 Å². The SMILES string of the molecule is CCCCOC(=O)c1csc2ncn(CC(=O)Nc3cccc(C(C)=O)c3)c(=O)c12. The number of carbonyl (C=O) groups excluding carboxylic acids is 3. The number of hydrogen-bond donors (Lipinski definition) is 1. The van der Waals surface area contributed by atoms with E-state index in [0.717, 1.165) is 17.4 Å². The number of carbonyl (C=O) groups is 3. The fourth-order valence-corrected chi connectivity index (χ4v) is 3.66. The number of benzene rings is 1. The maximum atomic E-state index is 12.9. The van der Waals surface area contributed by atoms with Crippen LogP contribution < -0.4 is 10.9 Å². The molecule has 2 heterocycles. The van der Waals surface area contributed by atoms with Gasteiger partial charge in [-0.05, 0) is 25.5 Å². The Labute approximate surface area is 176 Å². The van der Waals surface area contributed by atoms with Crippen LogP contribution in [0.1, 0.15) is 47.4 Å². The molecule has 0 atom stereocenters. The Balaban J connectivity index is 1.80. The molecule has 0 unspecified atom stereocenters. The van der Waals surface area contributed by atoms with E-state index in [0.29, 0.717) is 16.1 Å². The number of fused-ring (bicyclic) bond motifs is 1. The highest BCUT2D eigenvalue weighted by molar-refractivity contribution is 7.17. The average Bonchev–Trinajstić information content (AvgIpc) is 3.15. The third-order valence-corrected chi connectivity index (χ3v) is 5.26. The monoisotopic (exact) mass is 427 g/mol. The molecule has 0 spiro atoms. The molecular formula is C21H21N3O5S. The molecule has 0 aliphatic heterocycles. The van der Waals surface area contributed by atoms with Crippen molar-refractivity contribution < 1.29 is 19.1 Å². The molecule has 0 radical (unpaired) electrons. The van der Waals surface area contributed by atoms with Gasteiger partial charge in [0.05, 0.1) is 23.9 Å². The highest BCUT2D eigenvalue weighted by atomic mass is 32.1. The van der Waals surface area contributed by atoms with Gasteiger partial charge in [0.15, 0.2) is 5.78 Å². The number of aromatic nitrogens is 2. The number of Topliss-reactive ketones (excluding diaryl/α,β-unsaturated/α-hetero) is 1. The number of esters is 1. The van der Waals surface area contributed by atoms with Crippen molar-refractivity contribution in [1.82, 2.24) is 9.55 Å². The molecule has 1 N–H and O–H groups in total. The molecule has 156 valence electrons. The molecule has 0 aliphatic carbocycles. The summed E-state index contributed by atoms with van der Waals surface area (Å²) in [6.07, 6.45) is 2.90. The van der Waals surface area contributed by atoms with E-state index in [9.17, 15) is 19.2 Å². The van der Waals surface area contributed by atoms with Crippen LogP contribution in [0.2, 0.25) is 0 Å². The van der Waals surface area contributed by atoms with Crippen molar-refractivity contribution in [2.75, 3.05) is 11.9 Å². The first-order valence-electron chi connectivity index (χ1n) is 9.45. The molecule has 3 aromatic rings. The van der Waals surface area contributed by atoms with E-state index in [-0.39, 0.29) is 29.9 Å². The zero-order chi connectivity index (χ0) is 21.7. The number of rotatable bonds is 8. The summed E-state index contributed by atoms with van der Waals surface area (Å²) >= 11 is 1.17. The molecule has 0 saturated heterocycles. The number of amides is 1. The van der Waals surface area contributed by atoms with Crippen LogP contribution in [-0.4, -0.2) is 33.8 Å². The van der Waals surface area contributed by atoms with Gasteiger partial charge in [0, 0.05) is 16.6 Å². The van der Waals surface area contributed by atoms with Gasteiger partial charge in [-0.15, -0.1) is 11.3 Å². The molecule has 0 fully saturated rings. The van der Waals surface area contributed by atoms with Gasteiger partial charge in [-0.25, -0.2) is 9.78 Å². The Morgan fingerprint density at radius 3 is 2.80 bits per heavy atom. The predicted molar refractivity (Wildman–Crippen MR) is 114 cm³/mol. The summed E-state index contributed by atoms with van der Waals surface area (Å²) in [6, 6.07) is 6.53. The Morgan fingerprint density at radius 1 is 1.27 bits per heavy atom. The van der Waals surface area contributed by atoms with Gasteiger partial charge in [0.25, 0.3) is 5.56 Å². The summed E-state index contributed by atoms with van der Waals surface area (Å²) in [6.45, 7) is 3.42. The number of hydrogen-bond acceptors (Lipinski definition) is 7. The Hall–Kier alpha value is -3.33. The highest BCUT2D eigenvalue weighted by Crippen LogP contribution is 2.21. The lowest BCUT2D eigenvalue weighted by atomic mass is 10.1. The fourth-order valence-electron chi connectivity index (χ4n) is 2.79. The largest absolute Gasteiger partial charge is 0.462 e. The van der Waals surface area contributed by atoms with Gasteiger partial charge in [0.1, 0.15) is 11.4 Å². The lowest BCUT2D eigenvalue weighted by Gasteiger charge is -2.08. The van der Waals surface area contributed by atoms with Crippen molar-refractivity contribution in [3.05, 3.63) is 57.5 Å². The van der Waals surface area contributed by atoms with E-state index in [4.69, 9.17) is 4.74 Å². The summed E-state index contributed by atoms with van der Waals surface area (Å²) < 4.78 is 6.35. The molecule has 8 nitrogen and oxygen atoms in total. The lowest BCUT2D eigenvalue weighted by Crippen LogP contribution is -2.28. The maximum absolute atomic E-state index is 12.9. The molecule has 30 heavy (non-hydrogen) atoms. The first-order chi connectivity index (χ1) is 14.4. The number of nitrogens with one attached hydrogen (secondary N) is 1. The molecule has 0 aliphatic rings. The third-order valence-electron chi connectivity index (χ3n) is 4.38. The van der Waals surface area contributed by atoms with Crippen LogP contribution in [0.4, 0.5) is 5.69 Å². The first-order valence-corrected chi connectivity index (χ1v) is 10.3. The number of unbranched alkanes of at least 4 members (excludes halogenated alkanes) is 1. The van der Waals surface area contributed by atoms with Gasteiger partial charge in [-0.1, -0.05) is 25.5 Å². The van der Waals surface area contributed by atoms with Crippen molar-refractivity contribution >= 4 is 44.9 Å². The third kappa shape index (κ3) is 4.80. The van der Waals surface area contributed by atoms with Crippen LogP contribution >= 0.6 is 11.3 Å². The van der Waals surface area contributed by atoms with E-state index in [1.165, 1.54) is 24.6 Å². The molecule has 0 bridgehead atoms. The van der Waals surface area contributed by atoms with Gasteiger partial charge < -0.3 is 10.1 Å². The Kier molecular flexibility index (Phi) is 6.73. The predicted octanol–water partition coefficient (Wildman–Crippen LogP) is 3.26. The minimum absolute atomic E-state index is 0.118. The smallest absolute Gasteiger partial charge is 0.339 e. The van der Waals surface area contributed by atoms with Gasteiger partial charge in [0.2, 0.25) is 5.91 Å². The minimum atomic E-state index is -0.572. The minimum Gasteiger partial charge on any atom is -0.462 e. The van der Waals surface area contributed by atoms with Gasteiger partial charge >= 0.3 is 5.97 Å². The molecule has 0 saturated carbocycles. The molecule has 9 heteroatoms. The molecule has 1 aromatic carbocycles. The van der Waals surface area contributed by atoms with Gasteiger partial charge in [-0.3, -0.25) is 19.0 Å². The lowest BCUT2D eigenvalue weighted by molar-refractivity contribution is -0.116. The van der Waals surface area contributed by atoms with E-state index in [2.05, 4.69) is 10.3 Å². The maximum Gasteiger partial charge on any atom is 0.339 e.